The quantitative estimate of drug-likeness (QED) is 0.627. The maximum absolute atomic E-state index is 13.6. The third-order valence-corrected chi connectivity index (χ3v) is 6.94. The van der Waals surface area contributed by atoms with Crippen LogP contribution >= 0.6 is 0 Å². The molecule has 1 heterocycles. The van der Waals surface area contributed by atoms with Crippen LogP contribution in [0.4, 0.5) is 5.69 Å². The van der Waals surface area contributed by atoms with Crippen LogP contribution in [-0.4, -0.2) is 32.1 Å². The summed E-state index contributed by atoms with van der Waals surface area (Å²) in [5.41, 5.74) is 1.70. The highest BCUT2D eigenvalue weighted by Gasteiger charge is 2.41. The van der Waals surface area contributed by atoms with E-state index < -0.39 is 0 Å². The average molecular weight is 451 g/mol. The van der Waals surface area contributed by atoms with Crippen LogP contribution in [0, 0.1) is 5.92 Å². The maximum Gasteiger partial charge on any atom is 0.227 e. The lowest BCUT2D eigenvalue weighted by Crippen LogP contribution is -2.50. The van der Waals surface area contributed by atoms with Crippen molar-refractivity contribution in [1.82, 2.24) is 5.32 Å². The smallest absolute Gasteiger partial charge is 0.227 e. The van der Waals surface area contributed by atoms with Crippen LogP contribution < -0.4 is 19.7 Å². The van der Waals surface area contributed by atoms with Gasteiger partial charge in [0.25, 0.3) is 0 Å². The molecule has 2 aromatic carbocycles. The van der Waals surface area contributed by atoms with Crippen molar-refractivity contribution in [3.63, 3.8) is 0 Å². The molecule has 0 radical (unpaired) electrons. The zero-order chi connectivity index (χ0) is 23.2. The Morgan fingerprint density at radius 1 is 0.848 bits per heavy atom. The van der Waals surface area contributed by atoms with Crippen molar-refractivity contribution >= 4 is 17.5 Å². The molecule has 2 atom stereocenters. The second-order valence-corrected chi connectivity index (χ2v) is 9.02. The third-order valence-electron chi connectivity index (χ3n) is 6.94. The summed E-state index contributed by atoms with van der Waals surface area (Å²) in [6, 6.07) is 15.0. The summed E-state index contributed by atoms with van der Waals surface area (Å²) in [6.07, 6.45) is 7.76. The van der Waals surface area contributed by atoms with E-state index in [0.29, 0.717) is 12.8 Å². The van der Waals surface area contributed by atoms with E-state index in [1.807, 2.05) is 48.5 Å². The minimum atomic E-state index is -0.378. The number of methoxy groups -OCH3 is 2. The Hall–Kier alpha value is -3.02. The van der Waals surface area contributed by atoms with Gasteiger partial charge in [0.15, 0.2) is 0 Å². The summed E-state index contributed by atoms with van der Waals surface area (Å²) >= 11 is 0. The number of hydrogen-bond donors (Lipinski definition) is 1. The van der Waals surface area contributed by atoms with Gasteiger partial charge in [-0.3, -0.25) is 9.59 Å². The first-order valence-corrected chi connectivity index (χ1v) is 12.0. The zero-order valence-corrected chi connectivity index (χ0v) is 19.6. The van der Waals surface area contributed by atoms with Crippen molar-refractivity contribution in [2.24, 2.45) is 5.92 Å². The third kappa shape index (κ3) is 5.32. The molecule has 2 aromatic rings. The predicted molar refractivity (Wildman–Crippen MR) is 129 cm³/mol. The molecular formula is C27H34N2O4. The Labute approximate surface area is 196 Å². The molecule has 1 saturated heterocycles. The van der Waals surface area contributed by atoms with Crippen LogP contribution in [0.5, 0.6) is 11.5 Å². The van der Waals surface area contributed by atoms with E-state index in [1.54, 1.807) is 19.1 Å². The highest BCUT2D eigenvalue weighted by Crippen LogP contribution is 2.41. The van der Waals surface area contributed by atoms with Gasteiger partial charge in [0.05, 0.1) is 26.2 Å². The molecule has 176 valence electrons. The van der Waals surface area contributed by atoms with Crippen molar-refractivity contribution in [3.05, 3.63) is 54.1 Å². The van der Waals surface area contributed by atoms with Gasteiger partial charge in [-0.25, -0.2) is 0 Å². The zero-order valence-electron chi connectivity index (χ0n) is 19.6. The Morgan fingerprint density at radius 2 is 1.42 bits per heavy atom. The molecule has 6 nitrogen and oxygen atoms in total. The number of piperidine rings is 1. The molecule has 0 unspecified atom stereocenters. The average Bonchev–Trinajstić information content (AvgIpc) is 3.12. The fourth-order valence-corrected chi connectivity index (χ4v) is 5.13. The Kier molecular flexibility index (Phi) is 7.53. The lowest BCUT2D eigenvalue weighted by atomic mass is 9.82. The van der Waals surface area contributed by atoms with Crippen LogP contribution in [0.2, 0.25) is 0 Å². The molecule has 0 aromatic heterocycles. The number of ether oxygens (including phenoxy) is 2. The number of benzene rings is 2. The van der Waals surface area contributed by atoms with Crippen LogP contribution in [0.1, 0.15) is 63.0 Å². The summed E-state index contributed by atoms with van der Waals surface area (Å²) in [4.78, 5) is 28.6. The van der Waals surface area contributed by atoms with Gasteiger partial charge < -0.3 is 19.7 Å². The highest BCUT2D eigenvalue weighted by molar-refractivity contribution is 5.97. The number of rotatable bonds is 6. The highest BCUT2D eigenvalue weighted by atomic mass is 16.5. The van der Waals surface area contributed by atoms with Gasteiger partial charge in [-0.2, -0.15) is 0 Å². The van der Waals surface area contributed by atoms with Gasteiger partial charge in [-0.05, 0) is 61.2 Å². The number of amides is 2. The van der Waals surface area contributed by atoms with Gasteiger partial charge in [-0.1, -0.05) is 37.8 Å². The van der Waals surface area contributed by atoms with Gasteiger partial charge >= 0.3 is 0 Å². The van der Waals surface area contributed by atoms with E-state index >= 15 is 0 Å². The lowest BCUT2D eigenvalue weighted by molar-refractivity contribution is -0.130. The van der Waals surface area contributed by atoms with E-state index in [-0.39, 0.29) is 29.8 Å². The first-order chi connectivity index (χ1) is 16.1. The molecule has 2 amide bonds. The SMILES string of the molecule is COc1ccc([C@H]2[C@@H](C(=O)NC3CCCCCC3)CCC(=O)N2c2ccc(OC)cc2)cc1. The molecule has 0 spiro atoms. The summed E-state index contributed by atoms with van der Waals surface area (Å²) in [6.45, 7) is 0. The molecule has 33 heavy (non-hydrogen) atoms. The lowest BCUT2D eigenvalue weighted by Gasteiger charge is -2.41. The molecule has 4 rings (SSSR count). The molecule has 1 aliphatic carbocycles. The van der Waals surface area contributed by atoms with Crippen LogP contribution in [0.3, 0.4) is 0 Å². The van der Waals surface area contributed by atoms with Gasteiger partial charge in [0.2, 0.25) is 11.8 Å². The standard InChI is InChI=1S/C27H34N2O4/c1-32-22-13-9-19(10-14-22)26-24(27(31)28-20-7-5-3-4-6-8-20)17-18-25(30)29(26)21-11-15-23(33-2)16-12-21/h9-16,20,24,26H,3-8,17-18H2,1-2H3,(H,28,31)/t24-,26-/m0/s1. The van der Waals surface area contributed by atoms with Crippen LogP contribution in [0.15, 0.2) is 48.5 Å². The van der Waals surface area contributed by atoms with Gasteiger partial charge in [0.1, 0.15) is 11.5 Å². The van der Waals surface area contributed by atoms with Crippen molar-refractivity contribution in [2.45, 2.75) is 63.5 Å². The number of carbonyl (C=O) groups excluding carboxylic acids is 2. The van der Waals surface area contributed by atoms with E-state index in [0.717, 1.165) is 48.4 Å². The number of hydrogen-bond acceptors (Lipinski definition) is 4. The van der Waals surface area contributed by atoms with E-state index in [1.165, 1.54) is 12.8 Å². The van der Waals surface area contributed by atoms with E-state index in [4.69, 9.17) is 9.47 Å². The minimum Gasteiger partial charge on any atom is -0.497 e. The van der Waals surface area contributed by atoms with E-state index in [2.05, 4.69) is 5.32 Å². The first-order valence-electron chi connectivity index (χ1n) is 12.0. The van der Waals surface area contributed by atoms with Gasteiger partial charge in [-0.15, -0.1) is 0 Å². The molecule has 1 aliphatic heterocycles. The van der Waals surface area contributed by atoms with Crippen LogP contribution in [-0.2, 0) is 9.59 Å². The van der Waals surface area contributed by atoms with Crippen LogP contribution in [0.25, 0.3) is 0 Å². The Balaban J connectivity index is 1.67. The summed E-state index contributed by atoms with van der Waals surface area (Å²) in [5, 5.41) is 3.33. The number of nitrogens with zero attached hydrogens (tertiary/aromatic N) is 1. The fraction of sp³-hybridized carbons (Fsp3) is 0.481. The molecular weight excluding hydrogens is 416 g/mol. The fourth-order valence-electron chi connectivity index (χ4n) is 5.13. The van der Waals surface area contributed by atoms with Crippen molar-refractivity contribution < 1.29 is 19.1 Å². The number of nitrogens with one attached hydrogen (secondary N) is 1. The minimum absolute atomic E-state index is 0.0273. The maximum atomic E-state index is 13.6. The van der Waals surface area contributed by atoms with Crippen molar-refractivity contribution in [1.29, 1.82) is 0 Å². The normalized spacial score (nSPS) is 21.9. The van der Waals surface area contributed by atoms with Crippen molar-refractivity contribution in [3.8, 4) is 11.5 Å². The topological polar surface area (TPSA) is 67.9 Å². The molecule has 6 heteroatoms. The first kappa shape index (κ1) is 23.1. The second kappa shape index (κ2) is 10.7. The Bertz CT molecular complexity index is 934. The summed E-state index contributed by atoms with van der Waals surface area (Å²) in [5.74, 6) is 1.23. The molecule has 0 bridgehead atoms. The monoisotopic (exact) mass is 450 g/mol. The molecule has 2 fully saturated rings. The summed E-state index contributed by atoms with van der Waals surface area (Å²) < 4.78 is 10.6. The molecule has 1 N–H and O–H groups in total. The molecule has 2 aliphatic rings. The van der Waals surface area contributed by atoms with E-state index in [9.17, 15) is 9.59 Å². The van der Waals surface area contributed by atoms with Gasteiger partial charge in [0, 0.05) is 18.2 Å². The molecule has 1 saturated carbocycles. The van der Waals surface area contributed by atoms with Crippen molar-refractivity contribution in [2.75, 3.05) is 19.1 Å². The Morgan fingerprint density at radius 3 is 2.00 bits per heavy atom. The largest absolute Gasteiger partial charge is 0.497 e. The summed E-state index contributed by atoms with van der Waals surface area (Å²) in [7, 11) is 3.25. The predicted octanol–water partition coefficient (Wildman–Crippen LogP) is 5.03. The number of anilines is 1. The second-order valence-electron chi connectivity index (χ2n) is 9.02. The number of carbonyl (C=O) groups is 2.